The van der Waals surface area contributed by atoms with Crippen LogP contribution in [0.2, 0.25) is 0 Å². The Morgan fingerprint density at radius 1 is 1.29 bits per heavy atom. The van der Waals surface area contributed by atoms with Gasteiger partial charge in [-0.2, -0.15) is 0 Å². The summed E-state index contributed by atoms with van der Waals surface area (Å²) in [6.45, 7) is 2.25. The van der Waals surface area contributed by atoms with E-state index in [0.717, 1.165) is 11.1 Å². The Bertz CT molecular complexity index is 812. The molecule has 3 aromatic rings. The van der Waals surface area contributed by atoms with Crippen LogP contribution in [-0.2, 0) is 0 Å². The van der Waals surface area contributed by atoms with Crippen LogP contribution in [0.4, 0.5) is 0 Å². The first-order chi connectivity index (χ1) is 11.6. The van der Waals surface area contributed by atoms with Gasteiger partial charge in [-0.25, -0.2) is 4.98 Å². The molecule has 5 nitrogen and oxygen atoms in total. The van der Waals surface area contributed by atoms with Gasteiger partial charge in [0, 0.05) is 24.2 Å². The Morgan fingerprint density at radius 3 is 2.83 bits per heavy atom. The maximum absolute atomic E-state index is 12.4. The molecule has 0 aliphatic carbocycles. The van der Waals surface area contributed by atoms with Crippen molar-refractivity contribution in [2.75, 3.05) is 6.54 Å². The van der Waals surface area contributed by atoms with Crippen molar-refractivity contribution in [2.45, 2.75) is 25.4 Å². The van der Waals surface area contributed by atoms with Crippen LogP contribution in [0.15, 0.2) is 61.2 Å². The number of aliphatic hydroxyl groups is 1. The molecule has 2 atom stereocenters. The average molecular weight is 323 g/mol. The molecule has 0 saturated carbocycles. The Kier molecular flexibility index (Phi) is 4.91. The predicted molar refractivity (Wildman–Crippen MR) is 93.0 cm³/mol. The fraction of sp³-hybridized carbons (Fsp3) is 0.263. The minimum atomic E-state index is -0.421. The number of carbonyl (C=O) groups excluding carboxylic acids is 1. The molecule has 0 fully saturated rings. The SMILES string of the molecule is CC(O)CC(CNC(=O)c1ccn2cncc2c1)c1ccccc1. The summed E-state index contributed by atoms with van der Waals surface area (Å²) in [5.41, 5.74) is 2.60. The van der Waals surface area contributed by atoms with E-state index in [4.69, 9.17) is 0 Å². The van der Waals surface area contributed by atoms with Gasteiger partial charge in [-0.15, -0.1) is 0 Å². The number of amides is 1. The molecule has 3 rings (SSSR count). The van der Waals surface area contributed by atoms with E-state index in [1.54, 1.807) is 25.5 Å². The first-order valence-corrected chi connectivity index (χ1v) is 8.06. The van der Waals surface area contributed by atoms with Crippen LogP contribution in [0.25, 0.3) is 5.52 Å². The Labute approximate surface area is 141 Å². The molecule has 2 aromatic heterocycles. The van der Waals surface area contributed by atoms with Gasteiger partial charge in [-0.3, -0.25) is 4.79 Å². The quantitative estimate of drug-likeness (QED) is 0.733. The molecule has 1 aromatic carbocycles. The van der Waals surface area contributed by atoms with Crippen LogP contribution in [0, 0.1) is 0 Å². The lowest BCUT2D eigenvalue weighted by atomic mass is 9.93. The van der Waals surface area contributed by atoms with E-state index >= 15 is 0 Å². The average Bonchev–Trinajstić information content (AvgIpc) is 3.06. The Hall–Kier alpha value is -2.66. The van der Waals surface area contributed by atoms with Gasteiger partial charge in [0.15, 0.2) is 0 Å². The highest BCUT2D eigenvalue weighted by molar-refractivity contribution is 5.95. The topological polar surface area (TPSA) is 66.6 Å². The van der Waals surface area contributed by atoms with E-state index in [2.05, 4.69) is 10.3 Å². The molecule has 124 valence electrons. The van der Waals surface area contributed by atoms with Crippen molar-refractivity contribution in [2.24, 2.45) is 0 Å². The lowest BCUT2D eigenvalue weighted by molar-refractivity contribution is 0.0945. The van der Waals surface area contributed by atoms with Crippen molar-refractivity contribution in [1.29, 1.82) is 0 Å². The van der Waals surface area contributed by atoms with Gasteiger partial charge < -0.3 is 14.8 Å². The molecule has 2 heterocycles. The van der Waals surface area contributed by atoms with Gasteiger partial charge in [-0.05, 0) is 31.0 Å². The summed E-state index contributed by atoms with van der Waals surface area (Å²) in [6.07, 6.45) is 5.42. The molecule has 2 N–H and O–H groups in total. The molecule has 24 heavy (non-hydrogen) atoms. The number of aliphatic hydroxyl groups excluding tert-OH is 1. The first-order valence-electron chi connectivity index (χ1n) is 8.06. The third-order valence-electron chi connectivity index (χ3n) is 4.08. The third kappa shape index (κ3) is 3.81. The van der Waals surface area contributed by atoms with Crippen molar-refractivity contribution < 1.29 is 9.90 Å². The second kappa shape index (κ2) is 7.27. The number of carbonyl (C=O) groups is 1. The zero-order valence-corrected chi connectivity index (χ0v) is 13.6. The van der Waals surface area contributed by atoms with Crippen molar-refractivity contribution in [3.63, 3.8) is 0 Å². The zero-order chi connectivity index (χ0) is 16.9. The number of pyridine rings is 1. The first kappa shape index (κ1) is 16.2. The molecule has 2 unspecified atom stereocenters. The van der Waals surface area contributed by atoms with E-state index < -0.39 is 6.10 Å². The number of rotatable bonds is 6. The number of nitrogens with zero attached hydrogens (tertiary/aromatic N) is 2. The van der Waals surface area contributed by atoms with Crippen LogP contribution in [-0.4, -0.2) is 33.0 Å². The lowest BCUT2D eigenvalue weighted by Gasteiger charge is -2.19. The van der Waals surface area contributed by atoms with Crippen LogP contribution in [0.5, 0.6) is 0 Å². The maximum atomic E-state index is 12.4. The predicted octanol–water partition coefficient (Wildman–Crippen LogP) is 2.62. The molecule has 0 aliphatic heterocycles. The molecule has 0 saturated heterocycles. The van der Waals surface area contributed by atoms with Gasteiger partial charge >= 0.3 is 0 Å². The van der Waals surface area contributed by atoms with Gasteiger partial charge in [0.2, 0.25) is 0 Å². The normalized spacial score (nSPS) is 13.6. The van der Waals surface area contributed by atoms with Gasteiger partial charge in [0.25, 0.3) is 5.91 Å². The largest absolute Gasteiger partial charge is 0.393 e. The summed E-state index contributed by atoms with van der Waals surface area (Å²) in [6, 6.07) is 13.5. The van der Waals surface area contributed by atoms with E-state index in [0.29, 0.717) is 18.5 Å². The van der Waals surface area contributed by atoms with Gasteiger partial charge in [0.1, 0.15) is 0 Å². The van der Waals surface area contributed by atoms with E-state index in [9.17, 15) is 9.90 Å². The van der Waals surface area contributed by atoms with E-state index in [1.165, 1.54) is 0 Å². The molecule has 0 radical (unpaired) electrons. The van der Waals surface area contributed by atoms with Crippen LogP contribution < -0.4 is 5.32 Å². The summed E-state index contributed by atoms with van der Waals surface area (Å²) in [5, 5.41) is 12.7. The number of fused-ring (bicyclic) bond motifs is 1. The number of imidazole rings is 1. The van der Waals surface area contributed by atoms with E-state index in [-0.39, 0.29) is 11.8 Å². The molecule has 0 aliphatic rings. The summed E-state index contributed by atoms with van der Waals surface area (Å²) >= 11 is 0. The smallest absolute Gasteiger partial charge is 0.251 e. The second-order valence-corrected chi connectivity index (χ2v) is 6.04. The molecule has 1 amide bonds. The van der Waals surface area contributed by atoms with Crippen molar-refractivity contribution >= 4 is 11.4 Å². The fourth-order valence-electron chi connectivity index (χ4n) is 2.85. The van der Waals surface area contributed by atoms with Gasteiger partial charge in [-0.1, -0.05) is 30.3 Å². The summed E-state index contributed by atoms with van der Waals surface area (Å²) < 4.78 is 1.86. The molecule has 5 heteroatoms. The monoisotopic (exact) mass is 323 g/mol. The number of benzene rings is 1. The minimum absolute atomic E-state index is 0.0776. The summed E-state index contributed by atoms with van der Waals surface area (Å²) in [5.74, 6) is -0.0425. The summed E-state index contributed by atoms with van der Waals surface area (Å²) in [7, 11) is 0. The molecular formula is C19H21N3O2. The number of aromatic nitrogens is 2. The Balaban J connectivity index is 1.70. The Morgan fingerprint density at radius 2 is 2.08 bits per heavy atom. The van der Waals surface area contributed by atoms with E-state index in [1.807, 2.05) is 47.0 Å². The highest BCUT2D eigenvalue weighted by Crippen LogP contribution is 2.20. The van der Waals surface area contributed by atoms with Crippen LogP contribution in [0.1, 0.15) is 35.2 Å². The molecule has 0 bridgehead atoms. The zero-order valence-electron chi connectivity index (χ0n) is 13.6. The van der Waals surface area contributed by atoms with Crippen LogP contribution >= 0.6 is 0 Å². The fourth-order valence-corrected chi connectivity index (χ4v) is 2.85. The van der Waals surface area contributed by atoms with Crippen LogP contribution in [0.3, 0.4) is 0 Å². The summed E-state index contributed by atoms with van der Waals surface area (Å²) in [4.78, 5) is 16.5. The van der Waals surface area contributed by atoms with Crippen molar-refractivity contribution in [1.82, 2.24) is 14.7 Å². The lowest BCUT2D eigenvalue weighted by Crippen LogP contribution is -2.29. The van der Waals surface area contributed by atoms with Crippen molar-refractivity contribution in [3.05, 3.63) is 72.3 Å². The molecular weight excluding hydrogens is 302 g/mol. The number of nitrogens with one attached hydrogen (secondary N) is 1. The van der Waals surface area contributed by atoms with Gasteiger partial charge in [0.05, 0.1) is 24.1 Å². The third-order valence-corrected chi connectivity index (χ3v) is 4.08. The number of hydrogen-bond donors (Lipinski definition) is 2. The number of hydrogen-bond acceptors (Lipinski definition) is 3. The highest BCUT2D eigenvalue weighted by atomic mass is 16.3. The minimum Gasteiger partial charge on any atom is -0.393 e. The maximum Gasteiger partial charge on any atom is 0.251 e. The second-order valence-electron chi connectivity index (χ2n) is 6.04. The highest BCUT2D eigenvalue weighted by Gasteiger charge is 2.16. The van der Waals surface area contributed by atoms with Crippen molar-refractivity contribution in [3.8, 4) is 0 Å². The molecule has 0 spiro atoms. The standard InChI is InChI=1S/C19H21N3O2/c1-14(23)9-17(15-5-3-2-4-6-15)11-21-19(24)16-7-8-22-13-20-12-18(22)10-16/h2-8,10,12-14,17,23H,9,11H2,1H3,(H,21,24).